The van der Waals surface area contributed by atoms with Crippen molar-refractivity contribution in [2.75, 3.05) is 51.6 Å². The van der Waals surface area contributed by atoms with Gasteiger partial charge < -0.3 is 9.80 Å². The van der Waals surface area contributed by atoms with E-state index in [0.717, 1.165) is 78.6 Å². The van der Waals surface area contributed by atoms with Crippen molar-refractivity contribution >= 4 is 34.2 Å². The monoisotopic (exact) mass is 452 g/mol. The van der Waals surface area contributed by atoms with Gasteiger partial charge in [0, 0.05) is 62.5 Å². The predicted molar refractivity (Wildman–Crippen MR) is 126 cm³/mol. The van der Waals surface area contributed by atoms with Crippen molar-refractivity contribution in [2.24, 2.45) is 0 Å². The van der Waals surface area contributed by atoms with Crippen LogP contribution in [0, 0.1) is 6.92 Å². The van der Waals surface area contributed by atoms with E-state index in [-0.39, 0.29) is 6.03 Å². The number of aromatic nitrogens is 4. The number of likely N-dealkylation sites (N-methyl/N-ethyl adjacent to an activating group) is 1. The lowest BCUT2D eigenvalue weighted by atomic mass is 10.0. The number of piperazine rings is 1. The van der Waals surface area contributed by atoms with Crippen LogP contribution < -0.4 is 5.32 Å². The summed E-state index contributed by atoms with van der Waals surface area (Å²) in [5, 5.41) is 13.9. The summed E-state index contributed by atoms with van der Waals surface area (Å²) in [6, 6.07) is 6.38. The number of likely N-dealkylation sites (tertiary alicyclic amines) is 1. The third-order valence-corrected chi connectivity index (χ3v) is 7.27. The van der Waals surface area contributed by atoms with Crippen LogP contribution in [0.15, 0.2) is 24.4 Å². The molecule has 2 aliphatic heterocycles. The fourth-order valence-electron chi connectivity index (χ4n) is 4.43. The lowest BCUT2D eigenvalue weighted by Gasteiger charge is -2.41. The number of rotatable bonds is 3. The number of nitrogens with zero attached hydrogens (tertiary/aromatic N) is 7. The van der Waals surface area contributed by atoms with Crippen LogP contribution in [0.25, 0.3) is 21.5 Å². The van der Waals surface area contributed by atoms with Gasteiger partial charge in [-0.15, -0.1) is 10.2 Å². The van der Waals surface area contributed by atoms with Crippen molar-refractivity contribution in [3.8, 4) is 10.6 Å². The lowest BCUT2D eigenvalue weighted by molar-refractivity contribution is 0.0765. The highest BCUT2D eigenvalue weighted by molar-refractivity contribution is 7.14. The Bertz CT molecular complexity index is 1100. The van der Waals surface area contributed by atoms with Gasteiger partial charge in [0.1, 0.15) is 10.0 Å². The number of piperidine rings is 1. The quantitative estimate of drug-likeness (QED) is 0.653. The Kier molecular flexibility index (Phi) is 5.99. The Morgan fingerprint density at radius 2 is 1.88 bits per heavy atom. The van der Waals surface area contributed by atoms with Crippen LogP contribution in [0.3, 0.4) is 0 Å². The Labute approximate surface area is 191 Å². The fraction of sp³-hybridized carbons (Fsp3) is 0.500. The maximum Gasteiger partial charge on any atom is 0.324 e. The number of nitrogens with one attached hydrogen (secondary N) is 1. The molecule has 0 saturated carbocycles. The van der Waals surface area contributed by atoms with Crippen molar-refractivity contribution in [1.82, 2.24) is 34.9 Å². The number of hydrogen-bond acceptors (Lipinski definition) is 8. The molecule has 2 aromatic heterocycles. The molecule has 0 aliphatic carbocycles. The largest absolute Gasteiger partial charge is 0.324 e. The molecular formula is C22H28N8OS. The summed E-state index contributed by atoms with van der Waals surface area (Å²) >= 11 is 1.55. The first-order valence-electron chi connectivity index (χ1n) is 11.1. The van der Waals surface area contributed by atoms with Gasteiger partial charge in [0.2, 0.25) is 5.95 Å². The van der Waals surface area contributed by atoms with Crippen molar-refractivity contribution in [1.29, 1.82) is 0 Å². The Hall–Kier alpha value is -2.69. The van der Waals surface area contributed by atoms with Gasteiger partial charge in [0.25, 0.3) is 0 Å². The first-order chi connectivity index (χ1) is 15.5. The molecule has 1 aromatic carbocycles. The average Bonchev–Trinajstić information content (AvgIpc) is 3.25. The molecule has 9 nitrogen and oxygen atoms in total. The van der Waals surface area contributed by atoms with Gasteiger partial charge in [-0.3, -0.25) is 10.2 Å². The molecule has 0 radical (unpaired) electrons. The second-order valence-electron chi connectivity index (χ2n) is 8.58. The summed E-state index contributed by atoms with van der Waals surface area (Å²) in [6.07, 6.45) is 3.77. The van der Waals surface area contributed by atoms with Gasteiger partial charge >= 0.3 is 6.03 Å². The SMILES string of the molecule is Cc1nnc(-c2ccc3cnc(NC(=O)N4CCC(N5CCN(C)CC5)CC4)nc3c2)s1. The van der Waals surface area contributed by atoms with Crippen LogP contribution in [0.2, 0.25) is 0 Å². The Balaban J connectivity index is 1.22. The van der Waals surface area contributed by atoms with E-state index in [9.17, 15) is 4.79 Å². The normalized spacial score (nSPS) is 18.9. The standard InChI is InChI=1S/C22H28N8OS/c1-15-26-27-20(32-15)16-3-4-17-14-23-21(24-19(17)13-16)25-22(31)30-7-5-18(6-8-30)29-11-9-28(2)10-12-29/h3-4,13-14,18H,5-12H2,1-2H3,(H,23,24,25,31). The van der Waals surface area contributed by atoms with E-state index in [0.29, 0.717) is 12.0 Å². The summed E-state index contributed by atoms with van der Waals surface area (Å²) in [6.45, 7) is 7.95. The zero-order valence-electron chi connectivity index (χ0n) is 18.5. The third kappa shape index (κ3) is 4.57. The fourth-order valence-corrected chi connectivity index (χ4v) is 5.11. The average molecular weight is 453 g/mol. The molecule has 4 heterocycles. The first-order valence-corrected chi connectivity index (χ1v) is 11.9. The van der Waals surface area contributed by atoms with Crippen LogP contribution >= 0.6 is 11.3 Å². The van der Waals surface area contributed by atoms with E-state index in [1.54, 1.807) is 17.5 Å². The lowest BCUT2D eigenvalue weighted by Crippen LogP contribution is -2.53. The molecule has 10 heteroatoms. The van der Waals surface area contributed by atoms with Gasteiger partial charge in [0.05, 0.1) is 5.52 Å². The van der Waals surface area contributed by atoms with Crippen molar-refractivity contribution in [3.63, 3.8) is 0 Å². The number of anilines is 1. The van der Waals surface area contributed by atoms with E-state index in [1.165, 1.54) is 0 Å². The Morgan fingerprint density at radius 1 is 1.09 bits per heavy atom. The van der Waals surface area contributed by atoms with Crippen molar-refractivity contribution in [2.45, 2.75) is 25.8 Å². The van der Waals surface area contributed by atoms with E-state index < -0.39 is 0 Å². The van der Waals surface area contributed by atoms with E-state index in [2.05, 4.69) is 42.3 Å². The van der Waals surface area contributed by atoms with Gasteiger partial charge in [-0.1, -0.05) is 23.5 Å². The van der Waals surface area contributed by atoms with Crippen molar-refractivity contribution in [3.05, 3.63) is 29.4 Å². The molecule has 0 spiro atoms. The maximum atomic E-state index is 12.8. The molecule has 3 aromatic rings. The van der Waals surface area contributed by atoms with Gasteiger partial charge in [-0.2, -0.15) is 0 Å². The second-order valence-corrected chi connectivity index (χ2v) is 9.76. The first kappa shape index (κ1) is 21.2. The topological polar surface area (TPSA) is 90.4 Å². The number of carbonyl (C=O) groups is 1. The highest BCUT2D eigenvalue weighted by atomic mass is 32.1. The number of benzene rings is 1. The zero-order chi connectivity index (χ0) is 22.1. The minimum Gasteiger partial charge on any atom is -0.324 e. The summed E-state index contributed by atoms with van der Waals surface area (Å²) in [7, 11) is 2.18. The summed E-state index contributed by atoms with van der Waals surface area (Å²) in [4.78, 5) is 28.6. The highest BCUT2D eigenvalue weighted by Gasteiger charge is 2.28. The van der Waals surface area contributed by atoms with Gasteiger partial charge in [-0.25, -0.2) is 14.8 Å². The molecule has 0 atom stereocenters. The smallest absolute Gasteiger partial charge is 0.324 e. The molecule has 0 unspecified atom stereocenters. The number of urea groups is 1. The summed E-state index contributed by atoms with van der Waals surface area (Å²) in [5.41, 5.74) is 1.74. The number of aryl methyl sites for hydroxylation is 1. The molecule has 1 N–H and O–H groups in total. The second kappa shape index (κ2) is 9.05. The molecule has 2 fully saturated rings. The highest BCUT2D eigenvalue weighted by Crippen LogP contribution is 2.26. The van der Waals surface area contributed by atoms with Crippen LogP contribution in [0.5, 0.6) is 0 Å². The van der Waals surface area contributed by atoms with Crippen LogP contribution in [0.1, 0.15) is 17.8 Å². The predicted octanol–water partition coefficient (Wildman–Crippen LogP) is 2.70. The minimum absolute atomic E-state index is 0.128. The zero-order valence-corrected chi connectivity index (χ0v) is 19.3. The van der Waals surface area contributed by atoms with Gasteiger partial charge in [0.15, 0.2) is 0 Å². The summed E-state index contributed by atoms with van der Waals surface area (Å²) < 4.78 is 0. The van der Waals surface area contributed by atoms with Crippen molar-refractivity contribution < 1.29 is 4.79 Å². The molecule has 32 heavy (non-hydrogen) atoms. The van der Waals surface area contributed by atoms with Crippen LogP contribution in [-0.4, -0.2) is 93.3 Å². The molecule has 2 amide bonds. The van der Waals surface area contributed by atoms with E-state index >= 15 is 0 Å². The third-order valence-electron chi connectivity index (χ3n) is 6.38. The number of hydrogen-bond donors (Lipinski definition) is 1. The molecule has 0 bridgehead atoms. The number of carbonyl (C=O) groups excluding carboxylic acids is 1. The van der Waals surface area contributed by atoms with Crippen LogP contribution in [-0.2, 0) is 0 Å². The van der Waals surface area contributed by atoms with Crippen LogP contribution in [0.4, 0.5) is 10.7 Å². The van der Waals surface area contributed by atoms with Gasteiger partial charge in [-0.05, 0) is 32.9 Å². The maximum absolute atomic E-state index is 12.8. The summed E-state index contributed by atoms with van der Waals surface area (Å²) in [5.74, 6) is 0.328. The molecule has 168 valence electrons. The molecular weight excluding hydrogens is 424 g/mol. The molecule has 2 saturated heterocycles. The van der Waals surface area contributed by atoms with E-state index in [1.807, 2.05) is 30.0 Å². The molecule has 5 rings (SSSR count). The number of fused-ring (bicyclic) bond motifs is 1. The minimum atomic E-state index is -0.128. The Morgan fingerprint density at radius 3 is 2.59 bits per heavy atom. The molecule has 2 aliphatic rings. The van der Waals surface area contributed by atoms with E-state index in [4.69, 9.17) is 0 Å². The number of amides is 2.